The van der Waals surface area contributed by atoms with Crippen molar-refractivity contribution in [3.8, 4) is 5.75 Å². The summed E-state index contributed by atoms with van der Waals surface area (Å²) < 4.78 is 11.0. The van der Waals surface area contributed by atoms with Gasteiger partial charge in [0.2, 0.25) is 0 Å². The first-order valence-corrected chi connectivity index (χ1v) is 8.07. The third-order valence-corrected chi connectivity index (χ3v) is 3.85. The number of hydrogen-bond acceptors (Lipinski definition) is 3. The number of aryl methyl sites for hydroxylation is 1. The van der Waals surface area contributed by atoms with Crippen LogP contribution in [0.1, 0.15) is 52.0 Å². The van der Waals surface area contributed by atoms with Crippen molar-refractivity contribution < 1.29 is 14.3 Å². The Kier molecular flexibility index (Phi) is 7.39. The summed E-state index contributed by atoms with van der Waals surface area (Å²) >= 11 is 0. The van der Waals surface area contributed by atoms with Gasteiger partial charge in [-0.1, -0.05) is 26.2 Å². The van der Waals surface area contributed by atoms with E-state index in [1.165, 1.54) is 0 Å². The molecular formula is C18H29NO3. The number of unbranched alkanes of at least 4 members (excludes halogenated alkanes) is 2. The molecule has 0 heterocycles. The fraction of sp³-hybridized carbons (Fsp3) is 0.611. The maximum absolute atomic E-state index is 12.6. The van der Waals surface area contributed by atoms with Crippen LogP contribution >= 0.6 is 0 Å². The molecular weight excluding hydrogens is 278 g/mol. The predicted octanol–water partition coefficient (Wildman–Crippen LogP) is 4.32. The van der Waals surface area contributed by atoms with Gasteiger partial charge in [-0.3, -0.25) is 4.79 Å². The molecule has 0 aromatic heterocycles. The van der Waals surface area contributed by atoms with Crippen LogP contribution in [0.4, 0.5) is 5.69 Å². The van der Waals surface area contributed by atoms with E-state index in [4.69, 9.17) is 9.47 Å². The smallest absolute Gasteiger partial charge is 0.256 e. The quantitative estimate of drug-likeness (QED) is 0.691. The molecule has 0 saturated heterocycles. The van der Waals surface area contributed by atoms with Gasteiger partial charge in [-0.05, 0) is 51.0 Å². The lowest BCUT2D eigenvalue weighted by Gasteiger charge is -2.28. The number of benzene rings is 1. The molecule has 0 aliphatic heterocycles. The molecule has 4 nitrogen and oxygen atoms in total. The molecule has 0 saturated carbocycles. The number of amides is 1. The fourth-order valence-electron chi connectivity index (χ4n) is 2.50. The number of ether oxygens (including phenoxy) is 2. The van der Waals surface area contributed by atoms with Crippen molar-refractivity contribution in [2.75, 3.05) is 19.0 Å². The standard InChI is InChI=1S/C18H29NO3/c1-6-8-9-12-18(4,22-7-2)17(20)19-15-10-11-16(21-5)14(3)13-15/h10-11,13H,6-9,12H2,1-5H3,(H,19,20). The molecule has 124 valence electrons. The highest BCUT2D eigenvalue weighted by molar-refractivity contribution is 5.97. The van der Waals surface area contributed by atoms with Crippen molar-refractivity contribution in [2.45, 2.75) is 59.0 Å². The summed E-state index contributed by atoms with van der Waals surface area (Å²) in [6, 6.07) is 5.62. The van der Waals surface area contributed by atoms with Crippen LogP contribution in [0.5, 0.6) is 5.75 Å². The highest BCUT2D eigenvalue weighted by Crippen LogP contribution is 2.25. The van der Waals surface area contributed by atoms with E-state index in [1.807, 2.05) is 39.0 Å². The van der Waals surface area contributed by atoms with Crippen molar-refractivity contribution in [3.63, 3.8) is 0 Å². The molecule has 1 amide bonds. The normalized spacial score (nSPS) is 13.5. The number of hydrogen-bond donors (Lipinski definition) is 1. The average molecular weight is 307 g/mol. The number of methoxy groups -OCH3 is 1. The molecule has 0 aliphatic carbocycles. The van der Waals surface area contributed by atoms with E-state index in [9.17, 15) is 4.79 Å². The first kappa shape index (κ1) is 18.5. The summed E-state index contributed by atoms with van der Waals surface area (Å²) in [4.78, 5) is 12.6. The Balaban J connectivity index is 2.79. The van der Waals surface area contributed by atoms with E-state index in [0.717, 1.165) is 42.7 Å². The maximum Gasteiger partial charge on any atom is 0.256 e. The Morgan fingerprint density at radius 3 is 2.55 bits per heavy atom. The number of nitrogens with one attached hydrogen (secondary N) is 1. The molecule has 1 rings (SSSR count). The van der Waals surface area contributed by atoms with Crippen molar-refractivity contribution in [1.82, 2.24) is 0 Å². The van der Waals surface area contributed by atoms with Crippen molar-refractivity contribution in [1.29, 1.82) is 0 Å². The van der Waals surface area contributed by atoms with E-state index >= 15 is 0 Å². The second-order valence-corrected chi connectivity index (χ2v) is 5.76. The van der Waals surface area contributed by atoms with Gasteiger partial charge < -0.3 is 14.8 Å². The summed E-state index contributed by atoms with van der Waals surface area (Å²) in [5.74, 6) is 0.725. The van der Waals surface area contributed by atoms with Crippen LogP contribution in [-0.2, 0) is 9.53 Å². The monoisotopic (exact) mass is 307 g/mol. The second kappa shape index (κ2) is 8.79. The minimum atomic E-state index is -0.780. The van der Waals surface area contributed by atoms with Crippen LogP contribution < -0.4 is 10.1 Å². The van der Waals surface area contributed by atoms with E-state index < -0.39 is 5.60 Å². The number of carbonyl (C=O) groups is 1. The van der Waals surface area contributed by atoms with Gasteiger partial charge in [-0.2, -0.15) is 0 Å². The first-order valence-electron chi connectivity index (χ1n) is 8.07. The maximum atomic E-state index is 12.6. The summed E-state index contributed by atoms with van der Waals surface area (Å²) in [6.45, 7) is 8.42. The van der Waals surface area contributed by atoms with Crippen molar-refractivity contribution in [2.24, 2.45) is 0 Å². The van der Waals surface area contributed by atoms with Crippen LogP contribution in [0, 0.1) is 6.92 Å². The molecule has 0 bridgehead atoms. The predicted molar refractivity (Wildman–Crippen MR) is 90.5 cm³/mol. The van der Waals surface area contributed by atoms with Crippen LogP contribution in [0.2, 0.25) is 0 Å². The van der Waals surface area contributed by atoms with E-state index in [0.29, 0.717) is 6.61 Å². The van der Waals surface area contributed by atoms with Gasteiger partial charge in [0.15, 0.2) is 0 Å². The van der Waals surface area contributed by atoms with Gasteiger partial charge in [0.1, 0.15) is 11.4 Å². The Morgan fingerprint density at radius 2 is 2.00 bits per heavy atom. The molecule has 0 fully saturated rings. The Hall–Kier alpha value is -1.55. The van der Waals surface area contributed by atoms with E-state index in [-0.39, 0.29) is 5.91 Å². The minimum Gasteiger partial charge on any atom is -0.496 e. The molecule has 1 aromatic rings. The Bertz CT molecular complexity index is 487. The Labute approximate surface area is 134 Å². The summed E-state index contributed by atoms with van der Waals surface area (Å²) in [5, 5.41) is 2.97. The lowest BCUT2D eigenvalue weighted by molar-refractivity contribution is -0.139. The average Bonchev–Trinajstić information content (AvgIpc) is 2.48. The third kappa shape index (κ3) is 5.02. The van der Waals surface area contributed by atoms with Gasteiger partial charge >= 0.3 is 0 Å². The zero-order valence-electron chi connectivity index (χ0n) is 14.5. The highest BCUT2D eigenvalue weighted by atomic mass is 16.5. The zero-order chi connectivity index (χ0) is 16.6. The Morgan fingerprint density at radius 1 is 1.27 bits per heavy atom. The molecule has 0 spiro atoms. The number of rotatable bonds is 9. The van der Waals surface area contributed by atoms with Crippen LogP contribution in [0.3, 0.4) is 0 Å². The number of carbonyl (C=O) groups excluding carboxylic acids is 1. The fourth-order valence-corrected chi connectivity index (χ4v) is 2.50. The highest BCUT2D eigenvalue weighted by Gasteiger charge is 2.33. The lowest BCUT2D eigenvalue weighted by Crippen LogP contribution is -2.42. The zero-order valence-corrected chi connectivity index (χ0v) is 14.5. The third-order valence-electron chi connectivity index (χ3n) is 3.85. The largest absolute Gasteiger partial charge is 0.496 e. The SMILES string of the molecule is CCCCCC(C)(OCC)C(=O)Nc1ccc(OC)c(C)c1. The molecule has 4 heteroatoms. The van der Waals surface area contributed by atoms with Crippen molar-refractivity contribution >= 4 is 11.6 Å². The molecule has 1 unspecified atom stereocenters. The van der Waals surface area contributed by atoms with Gasteiger partial charge in [-0.25, -0.2) is 0 Å². The first-order chi connectivity index (χ1) is 10.5. The van der Waals surface area contributed by atoms with E-state index in [1.54, 1.807) is 7.11 Å². The van der Waals surface area contributed by atoms with Gasteiger partial charge in [0, 0.05) is 12.3 Å². The van der Waals surface area contributed by atoms with Gasteiger partial charge in [0.05, 0.1) is 7.11 Å². The summed E-state index contributed by atoms with van der Waals surface area (Å²) in [6.07, 6.45) is 3.96. The summed E-state index contributed by atoms with van der Waals surface area (Å²) in [7, 11) is 1.64. The van der Waals surface area contributed by atoms with Crippen LogP contribution in [0.25, 0.3) is 0 Å². The molecule has 22 heavy (non-hydrogen) atoms. The topological polar surface area (TPSA) is 47.6 Å². The van der Waals surface area contributed by atoms with Crippen LogP contribution in [0.15, 0.2) is 18.2 Å². The molecule has 1 N–H and O–H groups in total. The van der Waals surface area contributed by atoms with Gasteiger partial charge in [-0.15, -0.1) is 0 Å². The summed E-state index contributed by atoms with van der Waals surface area (Å²) in [5.41, 5.74) is 0.978. The lowest BCUT2D eigenvalue weighted by atomic mass is 9.96. The molecule has 1 aromatic carbocycles. The van der Waals surface area contributed by atoms with Gasteiger partial charge in [0.25, 0.3) is 5.91 Å². The number of anilines is 1. The molecule has 0 radical (unpaired) electrons. The molecule has 0 aliphatic rings. The van der Waals surface area contributed by atoms with E-state index in [2.05, 4.69) is 12.2 Å². The van der Waals surface area contributed by atoms with Crippen molar-refractivity contribution in [3.05, 3.63) is 23.8 Å². The second-order valence-electron chi connectivity index (χ2n) is 5.76. The minimum absolute atomic E-state index is 0.0879. The van der Waals surface area contributed by atoms with Crippen LogP contribution in [-0.4, -0.2) is 25.2 Å². The molecule has 1 atom stereocenters.